The minimum absolute atomic E-state index is 0.0401. The van der Waals surface area contributed by atoms with Crippen molar-refractivity contribution >= 4 is 34.5 Å². The molecule has 0 aromatic heterocycles. The Balaban J connectivity index is 1.60. The number of fused-ring (bicyclic) bond motifs is 3. The second-order valence-electron chi connectivity index (χ2n) is 13.1. The van der Waals surface area contributed by atoms with Crippen LogP contribution in [-0.4, -0.2) is 82.6 Å². The number of rotatable bonds is 5. The fraction of sp³-hybridized carbons (Fsp3) is 0.400. The lowest BCUT2D eigenvalue weighted by Crippen LogP contribution is -2.65. The van der Waals surface area contributed by atoms with Gasteiger partial charge in [0, 0.05) is 36.8 Å². The second kappa shape index (κ2) is 10.9. The summed E-state index contributed by atoms with van der Waals surface area (Å²) in [6.07, 6.45) is 5.97. The van der Waals surface area contributed by atoms with Crippen molar-refractivity contribution in [2.24, 2.45) is 17.6 Å². The van der Waals surface area contributed by atoms with Crippen LogP contribution in [0.2, 0.25) is 0 Å². The van der Waals surface area contributed by atoms with Crippen molar-refractivity contribution in [2.45, 2.75) is 50.2 Å². The Hall–Kier alpha value is -4.41. The van der Waals surface area contributed by atoms with Crippen LogP contribution in [0.25, 0.3) is 22.5 Å². The Morgan fingerprint density at radius 3 is 2.27 bits per heavy atom. The lowest BCUT2D eigenvalue weighted by atomic mass is 9.57. The number of carbonyl (C=O) groups excluding carboxylic acids is 3. The van der Waals surface area contributed by atoms with Gasteiger partial charge in [-0.15, -0.1) is 0 Å². The first-order valence-electron chi connectivity index (χ1n) is 15.3. The molecule has 0 bridgehead atoms. The van der Waals surface area contributed by atoms with Crippen LogP contribution in [0.15, 0.2) is 53.3 Å². The van der Waals surface area contributed by atoms with Gasteiger partial charge in [0.1, 0.15) is 22.8 Å². The van der Waals surface area contributed by atoms with Gasteiger partial charge in [-0.3, -0.25) is 19.3 Å². The quantitative estimate of drug-likeness (QED) is 0.317. The van der Waals surface area contributed by atoms with Crippen molar-refractivity contribution in [3.8, 4) is 16.9 Å². The summed E-state index contributed by atoms with van der Waals surface area (Å²) in [4.78, 5) is 43.5. The number of anilines is 1. The minimum atomic E-state index is -2.67. The van der Waals surface area contributed by atoms with Gasteiger partial charge < -0.3 is 31.1 Å². The summed E-state index contributed by atoms with van der Waals surface area (Å²) in [5.41, 5.74) is 6.75. The molecule has 236 valence electrons. The number of benzene rings is 2. The molecule has 4 aliphatic rings. The number of Topliss-reactive ketones (excluding diaryl/α,β-unsaturated/α-hetero) is 2. The molecule has 0 aliphatic heterocycles. The molecule has 1 fully saturated rings. The molecule has 10 nitrogen and oxygen atoms in total. The van der Waals surface area contributed by atoms with E-state index in [1.54, 1.807) is 14.1 Å². The number of hydrogen-bond acceptors (Lipinski definition) is 9. The average Bonchev–Trinajstić information content (AvgIpc) is 2.99. The maximum absolute atomic E-state index is 14.3. The summed E-state index contributed by atoms with van der Waals surface area (Å²) in [6, 6.07) is 8.77. The summed E-state index contributed by atoms with van der Waals surface area (Å²) in [7, 11) is 7.07. The molecule has 0 saturated heterocycles. The predicted molar refractivity (Wildman–Crippen MR) is 170 cm³/mol. The Kier molecular flexibility index (Phi) is 7.41. The van der Waals surface area contributed by atoms with Crippen LogP contribution in [0.1, 0.15) is 48.8 Å². The highest BCUT2D eigenvalue weighted by atomic mass is 16.3. The number of hydrogen-bond donors (Lipinski definition) is 5. The normalized spacial score (nSPS) is 26.4. The molecule has 4 atom stereocenters. The van der Waals surface area contributed by atoms with Gasteiger partial charge in [0.15, 0.2) is 11.4 Å². The molecule has 45 heavy (non-hydrogen) atoms. The molecule has 0 spiro atoms. The third-order valence-electron chi connectivity index (χ3n) is 10.1. The molecule has 0 radical (unpaired) electrons. The van der Waals surface area contributed by atoms with Crippen molar-refractivity contribution < 1.29 is 34.8 Å². The largest absolute Gasteiger partial charge is 0.508 e. The zero-order valence-electron chi connectivity index (χ0n) is 25.9. The van der Waals surface area contributed by atoms with E-state index >= 15 is 0 Å². The number of aliphatic hydroxyl groups is 3. The molecule has 1 saturated carbocycles. The van der Waals surface area contributed by atoms with Crippen molar-refractivity contribution in [1.82, 2.24) is 4.90 Å². The molecule has 0 heterocycles. The minimum Gasteiger partial charge on any atom is -0.508 e. The van der Waals surface area contributed by atoms with Crippen LogP contribution in [0, 0.1) is 11.8 Å². The van der Waals surface area contributed by atoms with E-state index in [0.29, 0.717) is 11.1 Å². The number of phenols is 1. The van der Waals surface area contributed by atoms with Crippen molar-refractivity contribution in [1.29, 1.82) is 0 Å². The predicted octanol–water partition coefficient (Wildman–Crippen LogP) is 3.65. The van der Waals surface area contributed by atoms with Crippen LogP contribution in [0.3, 0.4) is 0 Å². The van der Waals surface area contributed by atoms with Gasteiger partial charge in [0.2, 0.25) is 5.78 Å². The summed E-state index contributed by atoms with van der Waals surface area (Å²) in [6.45, 7) is 0. The second-order valence-corrected chi connectivity index (χ2v) is 13.1. The fourth-order valence-corrected chi connectivity index (χ4v) is 7.84. The maximum Gasteiger partial charge on any atom is 0.255 e. The Bertz CT molecular complexity index is 1730. The number of nitrogens with two attached hydrogens (primary N) is 1. The van der Waals surface area contributed by atoms with Crippen molar-refractivity contribution in [3.05, 3.63) is 70.0 Å². The average molecular weight is 614 g/mol. The monoisotopic (exact) mass is 613 g/mol. The van der Waals surface area contributed by atoms with Crippen LogP contribution in [0.5, 0.6) is 5.75 Å². The lowest BCUT2D eigenvalue weighted by molar-refractivity contribution is -0.153. The SMILES string of the molecule is CN(C)c1ccc(-c2cc(C3=CCCCC3)c(O)c3c2C[C@H]2C[C@H]4[C@H](N(C)C)C(=O)C(C(N)=O)=C(O)[C@@]4(O)C(=O)C2=C3O)cc1. The number of likely N-dealkylation sites (N-methyl/N-ethyl adjacent to an activating group) is 1. The molecule has 6 rings (SSSR count). The summed E-state index contributed by atoms with van der Waals surface area (Å²) >= 11 is 0. The Morgan fingerprint density at radius 2 is 1.69 bits per heavy atom. The third-order valence-corrected chi connectivity index (χ3v) is 10.1. The highest BCUT2D eigenvalue weighted by Gasteiger charge is 2.64. The molecule has 6 N–H and O–H groups in total. The number of amides is 1. The maximum atomic E-state index is 14.3. The Morgan fingerprint density at radius 1 is 1.00 bits per heavy atom. The number of carbonyl (C=O) groups is 3. The first-order chi connectivity index (χ1) is 21.3. The summed E-state index contributed by atoms with van der Waals surface area (Å²) in [5, 5.41) is 46.7. The van der Waals surface area contributed by atoms with Crippen LogP contribution in [-0.2, 0) is 20.8 Å². The van der Waals surface area contributed by atoms with Crippen molar-refractivity contribution in [2.75, 3.05) is 33.1 Å². The van der Waals surface area contributed by atoms with E-state index in [1.165, 1.54) is 4.90 Å². The van der Waals surface area contributed by atoms with E-state index < -0.39 is 58.0 Å². The molecule has 10 heteroatoms. The zero-order valence-corrected chi connectivity index (χ0v) is 25.9. The van der Waals surface area contributed by atoms with E-state index in [9.17, 15) is 34.8 Å². The highest BCUT2D eigenvalue weighted by Crippen LogP contribution is 2.55. The number of allylic oxidation sites excluding steroid dienone is 2. The van der Waals surface area contributed by atoms with Crippen LogP contribution >= 0.6 is 0 Å². The molecular weight excluding hydrogens is 574 g/mol. The number of ketones is 2. The first-order valence-corrected chi connectivity index (χ1v) is 15.3. The number of aliphatic hydroxyl groups excluding tert-OH is 2. The number of phenolic OH excluding ortho intramolecular Hbond substituents is 1. The standard InChI is InChI=1S/C35H39N3O7/c1-37(2)20-12-10-18(11-13-20)21-16-22(17-8-6-5-7-9-17)29(39)26-23(21)14-19-15-24-28(38(3)4)31(41)27(34(36)44)33(43)35(24,45)32(42)25(19)30(26)40/h8,10-13,16,19,24,28,39-40,43,45H,5-7,9,14-15H2,1-4H3,(H2,36,44)/t19-,24-,28-,35-/m0/s1. The van der Waals surface area contributed by atoms with E-state index in [-0.39, 0.29) is 29.7 Å². The number of nitrogens with zero attached hydrogens (tertiary/aromatic N) is 2. The lowest BCUT2D eigenvalue weighted by Gasteiger charge is -2.50. The summed E-state index contributed by atoms with van der Waals surface area (Å²) < 4.78 is 0. The number of aromatic hydroxyl groups is 1. The van der Waals surface area contributed by atoms with Gasteiger partial charge in [-0.05, 0) is 99.0 Å². The smallest absolute Gasteiger partial charge is 0.255 e. The van der Waals surface area contributed by atoms with Gasteiger partial charge in [-0.2, -0.15) is 0 Å². The number of primary amides is 1. The van der Waals surface area contributed by atoms with Gasteiger partial charge in [-0.1, -0.05) is 18.2 Å². The summed E-state index contributed by atoms with van der Waals surface area (Å²) in [5.74, 6) is -6.54. The molecule has 2 aromatic carbocycles. The van der Waals surface area contributed by atoms with Gasteiger partial charge in [0.25, 0.3) is 5.91 Å². The van der Waals surface area contributed by atoms with E-state index in [0.717, 1.165) is 48.1 Å². The molecule has 4 aliphatic carbocycles. The molecule has 1 amide bonds. The first kappa shape index (κ1) is 30.6. The van der Waals surface area contributed by atoms with E-state index in [1.807, 2.05) is 49.3 Å². The Labute approximate surface area is 261 Å². The molecule has 2 aromatic rings. The fourth-order valence-electron chi connectivity index (χ4n) is 7.84. The topological polar surface area (TPSA) is 165 Å². The zero-order chi connectivity index (χ0) is 32.5. The van der Waals surface area contributed by atoms with Gasteiger partial charge >= 0.3 is 0 Å². The van der Waals surface area contributed by atoms with Gasteiger partial charge in [0.05, 0.1) is 11.6 Å². The van der Waals surface area contributed by atoms with E-state index in [4.69, 9.17) is 5.73 Å². The molecule has 0 unspecified atom stereocenters. The van der Waals surface area contributed by atoms with E-state index in [2.05, 4.69) is 6.08 Å². The van der Waals surface area contributed by atoms with Gasteiger partial charge in [-0.25, -0.2) is 0 Å². The van der Waals surface area contributed by atoms with Crippen molar-refractivity contribution in [3.63, 3.8) is 0 Å². The van der Waals surface area contributed by atoms with Crippen LogP contribution in [0.4, 0.5) is 5.69 Å². The van der Waals surface area contributed by atoms with Crippen LogP contribution < -0.4 is 10.6 Å². The molecular formula is C35H39N3O7. The highest BCUT2D eigenvalue weighted by molar-refractivity contribution is 6.24. The third kappa shape index (κ3) is 4.49.